The van der Waals surface area contributed by atoms with E-state index in [1.54, 1.807) is 6.92 Å². The predicted molar refractivity (Wildman–Crippen MR) is 71.1 cm³/mol. The van der Waals surface area contributed by atoms with Crippen LogP contribution in [0.1, 0.15) is 27.2 Å². The first-order chi connectivity index (χ1) is 8.37. The van der Waals surface area contributed by atoms with Crippen LogP contribution >= 0.6 is 0 Å². The molecule has 0 aromatic carbocycles. The van der Waals surface area contributed by atoms with Crippen molar-refractivity contribution in [2.45, 2.75) is 27.2 Å². The summed E-state index contributed by atoms with van der Waals surface area (Å²) in [5.41, 5.74) is 0. The summed E-state index contributed by atoms with van der Waals surface area (Å²) in [6.45, 7) is 9.22. The molecule has 0 saturated carbocycles. The minimum absolute atomic E-state index is 0.313. The fourth-order valence-electron chi connectivity index (χ4n) is 1.75. The first kappa shape index (κ1) is 17.3. The summed E-state index contributed by atoms with van der Waals surface area (Å²) in [7, 11) is -3.67. The van der Waals surface area contributed by atoms with Gasteiger partial charge in [0, 0.05) is 13.1 Å². The second-order valence-corrected chi connectivity index (χ2v) is 5.99. The smallest absolute Gasteiger partial charge is 0.320 e. The fraction of sp³-hybridized carbons (Fsp3) is 0.909. The SMILES string of the molecule is CCN(CC)CCCN(CC)S(=O)(=O)CC(=O)O. The summed E-state index contributed by atoms with van der Waals surface area (Å²) < 4.78 is 24.7. The van der Waals surface area contributed by atoms with E-state index in [2.05, 4.69) is 18.7 Å². The van der Waals surface area contributed by atoms with E-state index in [-0.39, 0.29) is 0 Å². The van der Waals surface area contributed by atoms with Crippen LogP contribution in [0.3, 0.4) is 0 Å². The summed E-state index contributed by atoms with van der Waals surface area (Å²) in [5, 5.41) is 8.57. The van der Waals surface area contributed by atoms with Crippen molar-refractivity contribution >= 4 is 16.0 Å². The zero-order chi connectivity index (χ0) is 14.2. The van der Waals surface area contributed by atoms with Crippen molar-refractivity contribution in [3.63, 3.8) is 0 Å². The number of carboxylic acids is 1. The molecular weight excluding hydrogens is 256 g/mol. The highest BCUT2D eigenvalue weighted by Crippen LogP contribution is 2.03. The van der Waals surface area contributed by atoms with Crippen LogP contribution in [0, 0.1) is 0 Å². The Bertz CT molecular complexity index is 339. The monoisotopic (exact) mass is 280 g/mol. The molecule has 0 atom stereocenters. The van der Waals surface area contributed by atoms with Crippen LogP contribution in [-0.2, 0) is 14.8 Å². The Kier molecular flexibility index (Phi) is 8.13. The largest absolute Gasteiger partial charge is 0.480 e. The molecule has 0 fully saturated rings. The van der Waals surface area contributed by atoms with Gasteiger partial charge in [-0.2, -0.15) is 0 Å². The Hall–Kier alpha value is -0.660. The summed E-state index contributed by atoms with van der Waals surface area (Å²) in [4.78, 5) is 12.7. The van der Waals surface area contributed by atoms with E-state index >= 15 is 0 Å². The number of carbonyl (C=O) groups is 1. The van der Waals surface area contributed by atoms with Gasteiger partial charge in [0.25, 0.3) is 0 Å². The Morgan fingerprint density at radius 3 is 2.00 bits per heavy atom. The van der Waals surface area contributed by atoms with Crippen LogP contribution in [0.4, 0.5) is 0 Å². The highest BCUT2D eigenvalue weighted by Gasteiger charge is 2.23. The average Bonchev–Trinajstić information content (AvgIpc) is 2.27. The van der Waals surface area contributed by atoms with Crippen LogP contribution in [0.5, 0.6) is 0 Å². The van der Waals surface area contributed by atoms with Crippen molar-refractivity contribution in [1.29, 1.82) is 0 Å². The minimum atomic E-state index is -3.67. The van der Waals surface area contributed by atoms with Gasteiger partial charge in [-0.1, -0.05) is 20.8 Å². The third-order valence-corrected chi connectivity index (χ3v) is 4.67. The molecule has 0 amide bonds. The first-order valence-corrected chi connectivity index (χ1v) is 7.90. The van der Waals surface area contributed by atoms with E-state index in [0.29, 0.717) is 19.5 Å². The van der Waals surface area contributed by atoms with Crippen LogP contribution in [0.25, 0.3) is 0 Å². The van der Waals surface area contributed by atoms with Crippen molar-refractivity contribution in [3.05, 3.63) is 0 Å². The number of carboxylic acid groups (broad SMARTS) is 1. The second-order valence-electron chi connectivity index (χ2n) is 4.02. The molecule has 1 N–H and O–H groups in total. The van der Waals surface area contributed by atoms with E-state index in [0.717, 1.165) is 19.6 Å². The van der Waals surface area contributed by atoms with Crippen molar-refractivity contribution < 1.29 is 18.3 Å². The van der Waals surface area contributed by atoms with E-state index in [4.69, 9.17) is 5.11 Å². The van der Waals surface area contributed by atoms with Gasteiger partial charge in [0.2, 0.25) is 10.0 Å². The van der Waals surface area contributed by atoms with E-state index < -0.39 is 21.7 Å². The quantitative estimate of drug-likeness (QED) is 0.629. The van der Waals surface area contributed by atoms with Gasteiger partial charge in [-0.3, -0.25) is 4.79 Å². The molecule has 0 unspecified atom stereocenters. The molecule has 108 valence electrons. The molecule has 0 saturated heterocycles. The van der Waals surface area contributed by atoms with Crippen LogP contribution in [0.15, 0.2) is 0 Å². The third-order valence-electron chi connectivity index (χ3n) is 2.83. The van der Waals surface area contributed by atoms with Gasteiger partial charge in [0.05, 0.1) is 0 Å². The van der Waals surface area contributed by atoms with Crippen molar-refractivity contribution in [2.75, 3.05) is 38.5 Å². The van der Waals surface area contributed by atoms with Gasteiger partial charge in [-0.15, -0.1) is 0 Å². The van der Waals surface area contributed by atoms with E-state index in [1.165, 1.54) is 4.31 Å². The Balaban J connectivity index is 4.31. The summed E-state index contributed by atoms with van der Waals surface area (Å²) in [5.74, 6) is -2.14. The number of nitrogens with zero attached hydrogens (tertiary/aromatic N) is 2. The summed E-state index contributed by atoms with van der Waals surface area (Å²) in [6, 6.07) is 0. The zero-order valence-electron chi connectivity index (χ0n) is 11.4. The average molecular weight is 280 g/mol. The van der Waals surface area contributed by atoms with Crippen molar-refractivity contribution in [2.24, 2.45) is 0 Å². The summed E-state index contributed by atoms with van der Waals surface area (Å²) in [6.07, 6.45) is 0.717. The van der Waals surface area contributed by atoms with Gasteiger partial charge < -0.3 is 10.0 Å². The first-order valence-electron chi connectivity index (χ1n) is 6.29. The molecule has 0 radical (unpaired) electrons. The molecule has 7 heteroatoms. The molecule has 0 aliphatic rings. The molecule has 0 aromatic rings. The number of rotatable bonds is 10. The molecule has 0 heterocycles. The lowest BCUT2D eigenvalue weighted by Gasteiger charge is -2.22. The minimum Gasteiger partial charge on any atom is -0.480 e. The number of hydrogen-bond acceptors (Lipinski definition) is 4. The Labute approximate surface area is 110 Å². The molecule has 0 aliphatic carbocycles. The van der Waals surface area contributed by atoms with Gasteiger partial charge in [0.15, 0.2) is 5.75 Å². The molecule has 0 rings (SSSR count). The Morgan fingerprint density at radius 2 is 1.61 bits per heavy atom. The maximum absolute atomic E-state index is 11.7. The predicted octanol–water partition coefficient (Wildman–Crippen LogP) is 0.455. The lowest BCUT2D eigenvalue weighted by Crippen LogP contribution is -2.37. The van der Waals surface area contributed by atoms with Gasteiger partial charge in [-0.05, 0) is 26.1 Å². The lowest BCUT2D eigenvalue weighted by atomic mass is 10.3. The van der Waals surface area contributed by atoms with E-state index in [1.807, 2.05) is 0 Å². The molecule has 0 aromatic heterocycles. The van der Waals surface area contributed by atoms with Crippen LogP contribution in [0.2, 0.25) is 0 Å². The van der Waals surface area contributed by atoms with Crippen molar-refractivity contribution in [3.8, 4) is 0 Å². The highest BCUT2D eigenvalue weighted by molar-refractivity contribution is 7.89. The van der Waals surface area contributed by atoms with Crippen LogP contribution < -0.4 is 0 Å². The van der Waals surface area contributed by atoms with Crippen molar-refractivity contribution in [1.82, 2.24) is 9.21 Å². The Morgan fingerprint density at radius 1 is 1.06 bits per heavy atom. The molecule has 0 bridgehead atoms. The number of hydrogen-bond donors (Lipinski definition) is 1. The standard InChI is InChI=1S/C11H24N2O4S/c1-4-12(5-2)8-7-9-13(6-3)18(16,17)10-11(14)15/h4-10H2,1-3H3,(H,14,15). The zero-order valence-corrected chi connectivity index (χ0v) is 12.2. The van der Waals surface area contributed by atoms with Gasteiger partial charge in [-0.25, -0.2) is 12.7 Å². The van der Waals surface area contributed by atoms with E-state index in [9.17, 15) is 13.2 Å². The third kappa shape index (κ3) is 6.32. The maximum atomic E-state index is 11.7. The fourth-order valence-corrected chi connectivity index (χ4v) is 3.05. The lowest BCUT2D eigenvalue weighted by molar-refractivity contribution is -0.134. The number of sulfonamides is 1. The molecular formula is C11H24N2O4S. The van der Waals surface area contributed by atoms with Gasteiger partial charge in [0.1, 0.15) is 0 Å². The van der Waals surface area contributed by atoms with Crippen LogP contribution in [-0.4, -0.2) is 67.2 Å². The van der Waals surface area contributed by atoms with Gasteiger partial charge >= 0.3 is 5.97 Å². The number of aliphatic carboxylic acids is 1. The highest BCUT2D eigenvalue weighted by atomic mass is 32.2. The molecule has 0 spiro atoms. The molecule has 18 heavy (non-hydrogen) atoms. The second kappa shape index (κ2) is 8.44. The topological polar surface area (TPSA) is 77.9 Å². The maximum Gasteiger partial charge on any atom is 0.320 e. The summed E-state index contributed by atoms with van der Waals surface area (Å²) >= 11 is 0. The molecule has 6 nitrogen and oxygen atoms in total. The molecule has 0 aliphatic heterocycles. The normalized spacial score (nSPS) is 12.3.